The minimum absolute atomic E-state index is 0.132. The zero-order chi connectivity index (χ0) is 28.1. The molecular weight excluding hydrogens is 506 g/mol. The van der Waals surface area contributed by atoms with Crippen molar-refractivity contribution in [1.82, 2.24) is 25.9 Å². The van der Waals surface area contributed by atoms with E-state index in [2.05, 4.69) is 25.9 Å². The van der Waals surface area contributed by atoms with Crippen LogP contribution in [0.3, 0.4) is 0 Å². The molecule has 2 aromatic rings. The number of pyridine rings is 2. The summed E-state index contributed by atoms with van der Waals surface area (Å²) in [4.78, 5) is 60.8. The van der Waals surface area contributed by atoms with Crippen LogP contribution in [-0.2, 0) is 25.5 Å². The van der Waals surface area contributed by atoms with Gasteiger partial charge in [-0.2, -0.15) is 0 Å². The number of nitrogens with one attached hydrogen (secondary N) is 3. The Morgan fingerprint density at radius 1 is 1.10 bits per heavy atom. The Labute approximate surface area is 225 Å². The molecule has 1 saturated heterocycles. The Hall–Kier alpha value is -4.06. The van der Waals surface area contributed by atoms with Crippen molar-refractivity contribution in [1.29, 1.82) is 0 Å². The number of amides is 3. The molecule has 12 heteroatoms. The van der Waals surface area contributed by atoms with Crippen LogP contribution in [-0.4, -0.2) is 74.2 Å². The van der Waals surface area contributed by atoms with Gasteiger partial charge in [0.05, 0.1) is 24.1 Å². The van der Waals surface area contributed by atoms with Crippen LogP contribution in [0, 0.1) is 11.8 Å². The minimum atomic E-state index is -1.38. The molecule has 0 aromatic carbocycles. The van der Waals surface area contributed by atoms with Gasteiger partial charge in [-0.05, 0) is 56.9 Å². The number of hydrogen-bond donors (Lipinski definition) is 5. The van der Waals surface area contributed by atoms with E-state index in [0.717, 1.165) is 6.42 Å². The Morgan fingerprint density at radius 2 is 1.85 bits per heavy atom. The third-order valence-corrected chi connectivity index (χ3v) is 7.32. The van der Waals surface area contributed by atoms with Crippen LogP contribution < -0.4 is 16.0 Å². The average Bonchev–Trinajstić information content (AvgIpc) is 2.89. The molecule has 0 bridgehead atoms. The summed E-state index contributed by atoms with van der Waals surface area (Å²) in [6.07, 6.45) is 4.42. The topological polar surface area (TPSA) is 180 Å². The third-order valence-electron chi connectivity index (χ3n) is 7.32. The van der Waals surface area contributed by atoms with Crippen molar-refractivity contribution in [3.63, 3.8) is 0 Å². The molecule has 1 aliphatic carbocycles. The van der Waals surface area contributed by atoms with Crippen LogP contribution in [0.15, 0.2) is 42.9 Å². The van der Waals surface area contributed by atoms with Gasteiger partial charge in [0, 0.05) is 24.5 Å². The predicted octanol–water partition coefficient (Wildman–Crippen LogP) is 0.235. The van der Waals surface area contributed by atoms with Gasteiger partial charge in [-0.25, -0.2) is 4.98 Å². The molecule has 5 N–H and O–H groups in total. The van der Waals surface area contributed by atoms with E-state index in [0.29, 0.717) is 18.4 Å². The van der Waals surface area contributed by atoms with Crippen molar-refractivity contribution in [2.45, 2.75) is 69.9 Å². The number of rotatable bonds is 5. The monoisotopic (exact) mass is 539 g/mol. The largest absolute Gasteiger partial charge is 0.505 e. The molecule has 208 valence electrons. The first-order chi connectivity index (χ1) is 18.7. The highest BCUT2D eigenvalue weighted by Gasteiger charge is 2.42. The second kappa shape index (κ2) is 12.2. The van der Waals surface area contributed by atoms with Gasteiger partial charge in [0.1, 0.15) is 11.8 Å². The molecule has 6 unspecified atom stereocenters. The lowest BCUT2D eigenvalue weighted by atomic mass is 9.80. The Balaban J connectivity index is 1.67. The first-order valence-corrected chi connectivity index (χ1v) is 13.0. The quantitative estimate of drug-likeness (QED) is 0.333. The van der Waals surface area contributed by atoms with E-state index in [-0.39, 0.29) is 23.8 Å². The second-order valence-electron chi connectivity index (χ2n) is 10.1. The van der Waals surface area contributed by atoms with Gasteiger partial charge >= 0.3 is 5.97 Å². The summed E-state index contributed by atoms with van der Waals surface area (Å²) in [5.41, 5.74) is 0.402. The minimum Gasteiger partial charge on any atom is -0.505 e. The maximum absolute atomic E-state index is 13.6. The molecule has 2 fully saturated rings. The first kappa shape index (κ1) is 28.0. The molecule has 3 amide bonds. The number of carbonyl (C=O) groups excluding carboxylic acids is 4. The van der Waals surface area contributed by atoms with Crippen molar-refractivity contribution in [2.24, 2.45) is 11.8 Å². The molecule has 6 atom stereocenters. The fraction of sp³-hybridized carbons (Fsp3) is 0.481. The second-order valence-corrected chi connectivity index (χ2v) is 10.1. The van der Waals surface area contributed by atoms with Crippen molar-refractivity contribution < 1.29 is 34.1 Å². The molecule has 3 heterocycles. The van der Waals surface area contributed by atoms with Crippen LogP contribution in [0.25, 0.3) is 0 Å². The number of ether oxygens (including phenoxy) is 1. The van der Waals surface area contributed by atoms with Crippen molar-refractivity contribution in [3.05, 3.63) is 54.1 Å². The standard InChI is InChI=1S/C27H33N5O7/c1-14-22(34)18(12-16-6-4-10-28-13-16)31-24(35)20(32-25(36)21-19(33)9-5-11-29-21)15(2)30-26(37)23(39-27(14)38)17-7-3-8-17/h4-6,9-11,13-15,17-18,20,22-23,33-34H,3,7-8,12H2,1-2H3,(H,30,37)(H,31,35)(H,32,36). The normalized spacial score (nSPS) is 28.5. The summed E-state index contributed by atoms with van der Waals surface area (Å²) in [6, 6.07) is 2.97. The predicted molar refractivity (Wildman–Crippen MR) is 137 cm³/mol. The number of aromatic hydroxyl groups is 1. The van der Waals surface area contributed by atoms with Crippen molar-refractivity contribution in [2.75, 3.05) is 0 Å². The average molecular weight is 540 g/mol. The smallest absolute Gasteiger partial charge is 0.312 e. The highest BCUT2D eigenvalue weighted by atomic mass is 16.5. The number of carbonyl (C=O) groups is 4. The van der Waals surface area contributed by atoms with E-state index in [9.17, 15) is 29.4 Å². The lowest BCUT2D eigenvalue weighted by molar-refractivity contribution is -0.169. The summed E-state index contributed by atoms with van der Waals surface area (Å²) in [7, 11) is 0. The molecule has 2 aromatic heterocycles. The maximum atomic E-state index is 13.6. The van der Waals surface area contributed by atoms with Gasteiger partial charge in [-0.15, -0.1) is 0 Å². The zero-order valence-corrected chi connectivity index (χ0v) is 21.7. The third kappa shape index (κ3) is 6.51. The molecule has 0 radical (unpaired) electrons. The number of cyclic esters (lactones) is 1. The molecule has 0 spiro atoms. The fourth-order valence-electron chi connectivity index (χ4n) is 4.72. The summed E-state index contributed by atoms with van der Waals surface area (Å²) < 4.78 is 5.63. The first-order valence-electron chi connectivity index (χ1n) is 13.0. The van der Waals surface area contributed by atoms with E-state index < -0.39 is 59.9 Å². The molecule has 1 aliphatic heterocycles. The van der Waals surface area contributed by atoms with Crippen LogP contribution in [0.4, 0.5) is 0 Å². The van der Waals surface area contributed by atoms with Gasteiger partial charge in [-0.1, -0.05) is 12.5 Å². The van der Waals surface area contributed by atoms with Crippen LogP contribution in [0.1, 0.15) is 49.2 Å². The summed E-state index contributed by atoms with van der Waals surface area (Å²) in [5, 5.41) is 29.3. The summed E-state index contributed by atoms with van der Waals surface area (Å²) in [6.45, 7) is 3.00. The summed E-state index contributed by atoms with van der Waals surface area (Å²) >= 11 is 0. The van der Waals surface area contributed by atoms with Crippen molar-refractivity contribution >= 4 is 23.7 Å². The van der Waals surface area contributed by atoms with Gasteiger partial charge < -0.3 is 30.9 Å². The zero-order valence-electron chi connectivity index (χ0n) is 21.7. The molecular formula is C27H33N5O7. The number of esters is 1. The molecule has 1 saturated carbocycles. The summed E-state index contributed by atoms with van der Waals surface area (Å²) in [5.74, 6) is -4.52. The van der Waals surface area contributed by atoms with Crippen LogP contribution in [0.5, 0.6) is 5.75 Å². The molecule has 2 aliphatic rings. The van der Waals surface area contributed by atoms with Gasteiger partial charge in [0.2, 0.25) is 5.91 Å². The molecule has 39 heavy (non-hydrogen) atoms. The highest BCUT2D eigenvalue weighted by molar-refractivity contribution is 5.98. The maximum Gasteiger partial charge on any atom is 0.312 e. The van der Waals surface area contributed by atoms with E-state index >= 15 is 0 Å². The van der Waals surface area contributed by atoms with Crippen molar-refractivity contribution in [3.8, 4) is 5.75 Å². The Morgan fingerprint density at radius 3 is 2.49 bits per heavy atom. The fourth-order valence-corrected chi connectivity index (χ4v) is 4.72. The van der Waals surface area contributed by atoms with Crippen LogP contribution >= 0.6 is 0 Å². The highest BCUT2D eigenvalue weighted by Crippen LogP contribution is 2.32. The number of hydrogen-bond acceptors (Lipinski definition) is 9. The molecule has 4 rings (SSSR count). The van der Waals surface area contributed by atoms with E-state index in [1.54, 1.807) is 24.5 Å². The van der Waals surface area contributed by atoms with Gasteiger partial charge in [0.15, 0.2) is 11.8 Å². The Kier molecular flexibility index (Phi) is 8.75. The van der Waals surface area contributed by atoms with Gasteiger partial charge in [-0.3, -0.25) is 24.2 Å². The number of aromatic nitrogens is 2. The lowest BCUT2D eigenvalue weighted by Crippen LogP contribution is -2.63. The SMILES string of the molecule is CC1NC(=O)C(C2CCC2)OC(=O)C(C)C(O)C(Cc2cccnc2)NC(=O)C1NC(=O)c1ncccc1O. The van der Waals surface area contributed by atoms with E-state index in [1.165, 1.54) is 32.2 Å². The van der Waals surface area contributed by atoms with Gasteiger partial charge in [0.25, 0.3) is 11.8 Å². The molecule has 12 nitrogen and oxygen atoms in total. The number of aliphatic hydroxyl groups excluding tert-OH is 1. The number of aliphatic hydroxyl groups is 1. The number of nitrogens with zero attached hydrogens (tertiary/aromatic N) is 2. The van der Waals surface area contributed by atoms with Crippen LogP contribution in [0.2, 0.25) is 0 Å². The lowest BCUT2D eigenvalue weighted by Gasteiger charge is -2.37. The Bertz CT molecular complexity index is 1210. The van der Waals surface area contributed by atoms with E-state index in [4.69, 9.17) is 4.74 Å². The van der Waals surface area contributed by atoms with E-state index in [1.807, 2.05) is 0 Å².